The minimum absolute atomic E-state index is 0.0144. The van der Waals surface area contributed by atoms with Crippen molar-refractivity contribution in [1.29, 1.82) is 0 Å². The van der Waals surface area contributed by atoms with Crippen molar-refractivity contribution in [2.45, 2.75) is 69.1 Å². The van der Waals surface area contributed by atoms with Gasteiger partial charge in [0.25, 0.3) is 5.91 Å². The zero-order valence-electron chi connectivity index (χ0n) is 20.9. The molecule has 1 amide bonds. The van der Waals surface area contributed by atoms with Crippen molar-refractivity contribution < 1.29 is 27.9 Å². The van der Waals surface area contributed by atoms with Crippen LogP contribution in [0, 0.1) is 5.92 Å². The summed E-state index contributed by atoms with van der Waals surface area (Å²) in [6.45, 7) is 4.93. The molecule has 0 bridgehead atoms. The van der Waals surface area contributed by atoms with Gasteiger partial charge in [0.2, 0.25) is 0 Å². The molecular formula is C27H31Cl2NO6S. The van der Waals surface area contributed by atoms with Crippen LogP contribution in [0.25, 0.3) is 0 Å². The Labute approximate surface area is 227 Å². The fourth-order valence-electron chi connectivity index (χ4n) is 4.76. The Morgan fingerprint density at radius 3 is 2.27 bits per heavy atom. The molecule has 37 heavy (non-hydrogen) atoms. The highest BCUT2D eigenvalue weighted by atomic mass is 35.5. The van der Waals surface area contributed by atoms with Crippen LogP contribution in [0.5, 0.6) is 0 Å². The second-order valence-electron chi connectivity index (χ2n) is 10.7. The predicted octanol–water partition coefficient (Wildman–Crippen LogP) is 5.47. The fourth-order valence-corrected chi connectivity index (χ4v) is 6.47. The number of hydrogen-bond acceptors (Lipinski definition) is 5. The highest BCUT2D eigenvalue weighted by Crippen LogP contribution is 2.48. The molecular weight excluding hydrogens is 537 g/mol. The molecule has 0 aromatic heterocycles. The lowest BCUT2D eigenvalue weighted by Gasteiger charge is -2.48. The molecule has 1 aliphatic heterocycles. The maximum atomic E-state index is 14.0. The standard InChI is InChI=1S/C27H31Cl2NO6S/c1-27(2,3)37(34,35)15-21(16-7-8-16)30-24(17-9-11-19(28)12-10-17)25(18-5-4-6-20(29)13-18)36-22(26(30)33)14-23(31)32/h4-6,9-13,16,21-22,24-25H,7-8,14-15H2,1-3H3,(H,31,32)/t21-,22+,24-,25?/m1/s1. The summed E-state index contributed by atoms with van der Waals surface area (Å²) < 4.78 is 32.0. The molecule has 1 unspecified atom stereocenters. The van der Waals surface area contributed by atoms with E-state index in [0.717, 1.165) is 12.8 Å². The SMILES string of the molecule is CC(C)(C)S(=O)(=O)C[C@H](C1CC1)N1C(=O)[C@H](CC(=O)O)OC(c2cccc(Cl)c2)[C@H]1c1ccc(Cl)cc1. The summed E-state index contributed by atoms with van der Waals surface area (Å²) >= 11 is 12.5. The second kappa shape index (κ2) is 10.6. The van der Waals surface area contributed by atoms with E-state index in [9.17, 15) is 23.1 Å². The number of halogens is 2. The monoisotopic (exact) mass is 567 g/mol. The number of aliphatic carboxylic acids is 1. The maximum absolute atomic E-state index is 14.0. The highest BCUT2D eigenvalue weighted by Gasteiger charge is 2.52. The van der Waals surface area contributed by atoms with Gasteiger partial charge in [0.05, 0.1) is 23.0 Å². The van der Waals surface area contributed by atoms with E-state index in [1.54, 1.807) is 68.1 Å². The van der Waals surface area contributed by atoms with Crippen LogP contribution in [-0.4, -0.2) is 52.9 Å². The number of sulfone groups is 1. The quantitative estimate of drug-likeness (QED) is 0.453. The fraction of sp³-hybridized carbons (Fsp3) is 0.481. The van der Waals surface area contributed by atoms with Crippen molar-refractivity contribution in [3.8, 4) is 0 Å². The molecule has 7 nitrogen and oxygen atoms in total. The summed E-state index contributed by atoms with van der Waals surface area (Å²) in [4.78, 5) is 27.2. The minimum Gasteiger partial charge on any atom is -0.481 e. The van der Waals surface area contributed by atoms with Gasteiger partial charge in [-0.15, -0.1) is 0 Å². The Morgan fingerprint density at radius 1 is 1.08 bits per heavy atom. The number of amides is 1. The van der Waals surface area contributed by atoms with Crippen LogP contribution >= 0.6 is 23.2 Å². The minimum atomic E-state index is -3.61. The van der Waals surface area contributed by atoms with Crippen LogP contribution in [0.3, 0.4) is 0 Å². The number of nitrogens with zero attached hydrogens (tertiary/aromatic N) is 1. The zero-order chi connectivity index (χ0) is 27.1. The third kappa shape index (κ3) is 6.14. The molecule has 200 valence electrons. The third-order valence-electron chi connectivity index (χ3n) is 7.02. The first kappa shape index (κ1) is 27.9. The smallest absolute Gasteiger partial charge is 0.306 e. The van der Waals surface area contributed by atoms with E-state index in [1.165, 1.54) is 0 Å². The summed E-state index contributed by atoms with van der Waals surface area (Å²) in [6.07, 6.45) is -1.02. The number of rotatable bonds is 8. The van der Waals surface area contributed by atoms with Crippen molar-refractivity contribution >= 4 is 44.9 Å². The Balaban J connectivity index is 1.89. The largest absolute Gasteiger partial charge is 0.481 e. The topological polar surface area (TPSA) is 101 Å². The Kier molecular flexibility index (Phi) is 7.96. The van der Waals surface area contributed by atoms with E-state index < -0.39 is 57.2 Å². The van der Waals surface area contributed by atoms with Crippen LogP contribution in [0.15, 0.2) is 48.5 Å². The number of carbonyl (C=O) groups is 2. The van der Waals surface area contributed by atoms with Crippen LogP contribution in [-0.2, 0) is 24.2 Å². The van der Waals surface area contributed by atoms with Gasteiger partial charge in [0.15, 0.2) is 9.84 Å². The van der Waals surface area contributed by atoms with Gasteiger partial charge in [-0.25, -0.2) is 8.42 Å². The van der Waals surface area contributed by atoms with E-state index >= 15 is 0 Å². The maximum Gasteiger partial charge on any atom is 0.306 e. The molecule has 2 aromatic carbocycles. The van der Waals surface area contributed by atoms with E-state index in [-0.39, 0.29) is 11.7 Å². The van der Waals surface area contributed by atoms with Crippen molar-refractivity contribution in [3.05, 3.63) is 69.7 Å². The normalized spacial score (nSPS) is 23.6. The molecule has 1 aliphatic carbocycles. The second-order valence-corrected chi connectivity index (χ2v) is 14.4. The van der Waals surface area contributed by atoms with Gasteiger partial charge >= 0.3 is 5.97 Å². The Morgan fingerprint density at radius 2 is 1.73 bits per heavy atom. The van der Waals surface area contributed by atoms with Gasteiger partial charge in [-0.2, -0.15) is 0 Å². The van der Waals surface area contributed by atoms with Gasteiger partial charge in [0.1, 0.15) is 12.2 Å². The van der Waals surface area contributed by atoms with Crippen molar-refractivity contribution in [3.63, 3.8) is 0 Å². The van der Waals surface area contributed by atoms with E-state index in [0.29, 0.717) is 21.2 Å². The summed E-state index contributed by atoms with van der Waals surface area (Å²) in [5, 5.41) is 10.5. The molecule has 0 radical (unpaired) electrons. The summed E-state index contributed by atoms with van der Waals surface area (Å²) in [7, 11) is -3.61. The molecule has 4 atom stereocenters. The lowest BCUT2D eigenvalue weighted by atomic mass is 9.89. The molecule has 2 fully saturated rings. The third-order valence-corrected chi connectivity index (χ3v) is 10.2. The molecule has 1 saturated heterocycles. The molecule has 1 saturated carbocycles. The molecule has 1 N–H and O–H groups in total. The van der Waals surface area contributed by atoms with Crippen molar-refractivity contribution in [2.75, 3.05) is 5.75 Å². The van der Waals surface area contributed by atoms with Gasteiger partial charge in [-0.3, -0.25) is 9.59 Å². The van der Waals surface area contributed by atoms with Crippen LogP contribution in [0.2, 0.25) is 10.0 Å². The zero-order valence-corrected chi connectivity index (χ0v) is 23.3. The first-order chi connectivity index (χ1) is 17.3. The number of carboxylic acids is 1. The van der Waals surface area contributed by atoms with Crippen LogP contribution in [0.1, 0.15) is 63.3 Å². The lowest BCUT2D eigenvalue weighted by molar-refractivity contribution is -0.183. The summed E-state index contributed by atoms with van der Waals surface area (Å²) in [5.41, 5.74) is 1.36. The van der Waals surface area contributed by atoms with Crippen LogP contribution < -0.4 is 0 Å². The van der Waals surface area contributed by atoms with E-state index in [1.807, 2.05) is 6.07 Å². The number of ether oxygens (including phenoxy) is 1. The molecule has 2 aliphatic rings. The number of carbonyl (C=O) groups excluding carboxylic acids is 1. The Hall–Kier alpha value is -2.13. The van der Waals surface area contributed by atoms with Gasteiger partial charge in [-0.05, 0) is 74.9 Å². The Bertz CT molecular complexity index is 1270. The summed E-state index contributed by atoms with van der Waals surface area (Å²) in [5.74, 6) is -1.95. The van der Waals surface area contributed by atoms with Crippen molar-refractivity contribution in [1.82, 2.24) is 4.90 Å². The molecule has 4 rings (SSSR count). The average Bonchev–Trinajstić information content (AvgIpc) is 3.64. The molecule has 10 heteroatoms. The lowest BCUT2D eigenvalue weighted by Crippen LogP contribution is -2.58. The van der Waals surface area contributed by atoms with Crippen LogP contribution in [0.4, 0.5) is 0 Å². The molecule has 0 spiro atoms. The van der Waals surface area contributed by atoms with E-state index in [4.69, 9.17) is 27.9 Å². The number of benzene rings is 2. The first-order valence-electron chi connectivity index (χ1n) is 12.2. The summed E-state index contributed by atoms with van der Waals surface area (Å²) in [6, 6.07) is 12.6. The molecule has 1 heterocycles. The predicted molar refractivity (Wildman–Crippen MR) is 142 cm³/mol. The van der Waals surface area contributed by atoms with Gasteiger partial charge in [0, 0.05) is 16.1 Å². The molecule has 2 aromatic rings. The average molecular weight is 569 g/mol. The van der Waals surface area contributed by atoms with Gasteiger partial charge < -0.3 is 14.7 Å². The van der Waals surface area contributed by atoms with E-state index in [2.05, 4.69) is 0 Å². The van der Waals surface area contributed by atoms with Gasteiger partial charge in [-0.1, -0.05) is 47.5 Å². The highest BCUT2D eigenvalue weighted by molar-refractivity contribution is 7.92. The number of morpholine rings is 1. The van der Waals surface area contributed by atoms with Crippen molar-refractivity contribution in [2.24, 2.45) is 5.92 Å². The number of hydrogen-bond donors (Lipinski definition) is 1. The first-order valence-corrected chi connectivity index (χ1v) is 14.6. The number of carboxylic acid groups (broad SMARTS) is 1.